The van der Waals surface area contributed by atoms with Crippen LogP contribution in [-0.4, -0.2) is 29.1 Å². The van der Waals surface area contributed by atoms with Gasteiger partial charge in [0.15, 0.2) is 5.69 Å². The van der Waals surface area contributed by atoms with Crippen molar-refractivity contribution in [3.8, 4) is 5.75 Å². The number of hydrogen-bond donors (Lipinski definition) is 2. The molecule has 32 heavy (non-hydrogen) atoms. The van der Waals surface area contributed by atoms with E-state index in [-0.39, 0.29) is 33.0 Å². The summed E-state index contributed by atoms with van der Waals surface area (Å²) in [6, 6.07) is 10.3. The van der Waals surface area contributed by atoms with Crippen LogP contribution in [0.25, 0.3) is 0 Å². The van der Waals surface area contributed by atoms with E-state index in [1.54, 1.807) is 38.1 Å². The predicted octanol–water partition coefficient (Wildman–Crippen LogP) is 4.98. The third-order valence-corrected chi connectivity index (χ3v) is 5.30. The van der Waals surface area contributed by atoms with Gasteiger partial charge in [0.2, 0.25) is 0 Å². The van der Waals surface area contributed by atoms with Crippen molar-refractivity contribution in [2.24, 2.45) is 0 Å². The fourth-order valence-electron chi connectivity index (χ4n) is 2.88. The molecule has 3 aromatic rings. The summed E-state index contributed by atoms with van der Waals surface area (Å²) in [5.74, 6) is -1.11. The first kappa shape index (κ1) is 23.4. The van der Waals surface area contributed by atoms with E-state index in [0.717, 1.165) is 0 Å². The van der Waals surface area contributed by atoms with Crippen molar-refractivity contribution in [3.63, 3.8) is 0 Å². The molecule has 0 saturated carbocycles. The van der Waals surface area contributed by atoms with E-state index in [1.807, 2.05) is 0 Å². The average Bonchev–Trinajstić information content (AvgIpc) is 2.78. The lowest BCUT2D eigenvalue weighted by atomic mass is 10.1. The Morgan fingerprint density at radius 3 is 2.41 bits per heavy atom. The van der Waals surface area contributed by atoms with Crippen molar-refractivity contribution in [1.29, 1.82) is 0 Å². The van der Waals surface area contributed by atoms with Crippen LogP contribution in [0.15, 0.2) is 42.5 Å². The van der Waals surface area contributed by atoms with Crippen LogP contribution in [0.4, 0.5) is 10.1 Å². The zero-order valence-electron chi connectivity index (χ0n) is 17.4. The van der Waals surface area contributed by atoms with Gasteiger partial charge in [-0.25, -0.2) is 4.39 Å². The Morgan fingerprint density at radius 1 is 1.06 bits per heavy atom. The highest BCUT2D eigenvalue weighted by molar-refractivity contribution is 6.36. The minimum atomic E-state index is -0.721. The third-order valence-electron chi connectivity index (χ3n) is 4.59. The number of anilines is 1. The molecule has 1 heterocycles. The Kier molecular flexibility index (Phi) is 7.27. The monoisotopic (exact) mass is 476 g/mol. The summed E-state index contributed by atoms with van der Waals surface area (Å²) < 4.78 is 19.7. The summed E-state index contributed by atoms with van der Waals surface area (Å²) >= 11 is 12.2. The molecule has 1 atom stereocenters. The molecular formula is C22H19Cl2FN4O3. The summed E-state index contributed by atoms with van der Waals surface area (Å²) in [6.45, 7) is 3.31. The number of benzene rings is 2. The number of aryl methyl sites for hydroxylation is 1. The highest BCUT2D eigenvalue weighted by atomic mass is 35.5. The zero-order chi connectivity index (χ0) is 23.4. The maximum absolute atomic E-state index is 13.9. The van der Waals surface area contributed by atoms with E-state index in [0.29, 0.717) is 16.9 Å². The van der Waals surface area contributed by atoms with Gasteiger partial charge < -0.3 is 15.4 Å². The van der Waals surface area contributed by atoms with Crippen molar-refractivity contribution in [2.45, 2.75) is 20.0 Å². The molecule has 1 aromatic heterocycles. The summed E-state index contributed by atoms with van der Waals surface area (Å²) in [5.41, 5.74) is 1.64. The van der Waals surface area contributed by atoms with Crippen molar-refractivity contribution in [3.05, 3.63) is 80.8 Å². The van der Waals surface area contributed by atoms with Crippen molar-refractivity contribution in [1.82, 2.24) is 15.5 Å². The van der Waals surface area contributed by atoms with Crippen molar-refractivity contribution in [2.75, 3.05) is 12.4 Å². The first-order valence-corrected chi connectivity index (χ1v) is 10.2. The van der Waals surface area contributed by atoms with E-state index in [2.05, 4.69) is 20.8 Å². The zero-order valence-corrected chi connectivity index (χ0v) is 18.9. The van der Waals surface area contributed by atoms with Gasteiger partial charge in [-0.1, -0.05) is 23.2 Å². The number of carbonyl (C=O) groups is 2. The van der Waals surface area contributed by atoms with E-state index in [1.165, 1.54) is 25.2 Å². The number of amides is 2. The fraction of sp³-hybridized carbons (Fsp3) is 0.182. The molecular weight excluding hydrogens is 458 g/mol. The molecule has 2 amide bonds. The fourth-order valence-corrected chi connectivity index (χ4v) is 3.55. The second kappa shape index (κ2) is 9.93. The van der Waals surface area contributed by atoms with Crippen LogP contribution in [-0.2, 0) is 0 Å². The number of hydrogen-bond acceptors (Lipinski definition) is 5. The van der Waals surface area contributed by atoms with Crippen LogP contribution >= 0.6 is 23.2 Å². The maximum Gasteiger partial charge on any atom is 0.276 e. The minimum absolute atomic E-state index is 0.00427. The standard InChI is InChI=1S/C22H19Cl2FN4O3/c1-11-18(32-12(2)19-15(23)8-9-16(25)20(19)24)10-17(29-28-11)22(31)27-14-6-4-13(5-7-14)21(30)26-3/h4-10,12H,1-3H3,(H,26,30)(H,27,31). The topological polar surface area (TPSA) is 93.2 Å². The van der Waals surface area contributed by atoms with E-state index in [9.17, 15) is 14.0 Å². The molecule has 0 radical (unpaired) electrons. The second-order valence-corrected chi connectivity index (χ2v) is 7.59. The number of nitrogens with zero attached hydrogens (tertiary/aromatic N) is 2. The lowest BCUT2D eigenvalue weighted by Gasteiger charge is -2.19. The lowest BCUT2D eigenvalue weighted by molar-refractivity contribution is 0.0962. The van der Waals surface area contributed by atoms with Crippen LogP contribution in [0.2, 0.25) is 10.0 Å². The van der Waals surface area contributed by atoms with Crippen LogP contribution in [0.5, 0.6) is 5.75 Å². The van der Waals surface area contributed by atoms with Crippen LogP contribution in [0.1, 0.15) is 45.1 Å². The molecule has 166 valence electrons. The van der Waals surface area contributed by atoms with Crippen LogP contribution in [0, 0.1) is 12.7 Å². The highest BCUT2D eigenvalue weighted by Gasteiger charge is 2.21. The molecule has 2 aromatic carbocycles. The molecule has 0 spiro atoms. The number of ether oxygens (including phenoxy) is 1. The summed E-state index contributed by atoms with van der Waals surface area (Å²) in [4.78, 5) is 24.2. The molecule has 0 aliphatic carbocycles. The number of rotatable bonds is 6. The summed E-state index contributed by atoms with van der Waals surface area (Å²) in [6.07, 6.45) is -0.721. The molecule has 7 nitrogen and oxygen atoms in total. The Balaban J connectivity index is 1.79. The first-order chi connectivity index (χ1) is 15.2. The molecule has 10 heteroatoms. The average molecular weight is 477 g/mol. The highest BCUT2D eigenvalue weighted by Crippen LogP contribution is 2.35. The Bertz CT molecular complexity index is 1170. The smallest absolute Gasteiger partial charge is 0.276 e. The van der Waals surface area contributed by atoms with Gasteiger partial charge in [-0.15, -0.1) is 5.10 Å². The first-order valence-electron chi connectivity index (χ1n) is 9.49. The minimum Gasteiger partial charge on any atom is -0.484 e. The number of aromatic nitrogens is 2. The molecule has 0 aliphatic heterocycles. The van der Waals surface area contributed by atoms with E-state index >= 15 is 0 Å². The summed E-state index contributed by atoms with van der Waals surface area (Å²) in [5, 5.41) is 13.2. The quantitative estimate of drug-likeness (QED) is 0.489. The van der Waals surface area contributed by atoms with Crippen molar-refractivity contribution < 1.29 is 18.7 Å². The van der Waals surface area contributed by atoms with Gasteiger partial charge in [-0.05, 0) is 50.2 Å². The predicted molar refractivity (Wildman–Crippen MR) is 120 cm³/mol. The van der Waals surface area contributed by atoms with Gasteiger partial charge in [-0.3, -0.25) is 9.59 Å². The van der Waals surface area contributed by atoms with Crippen molar-refractivity contribution >= 4 is 40.7 Å². The molecule has 1 unspecified atom stereocenters. The molecule has 2 N–H and O–H groups in total. The Hall–Kier alpha value is -3.23. The number of nitrogens with one attached hydrogen (secondary N) is 2. The number of carbonyl (C=O) groups excluding carboxylic acids is 2. The molecule has 0 aliphatic rings. The normalized spacial score (nSPS) is 11.6. The maximum atomic E-state index is 13.9. The van der Waals surface area contributed by atoms with Gasteiger partial charge in [0.25, 0.3) is 11.8 Å². The number of halogens is 3. The van der Waals surface area contributed by atoms with Gasteiger partial charge in [-0.2, -0.15) is 5.10 Å². The van der Waals surface area contributed by atoms with E-state index in [4.69, 9.17) is 27.9 Å². The molecule has 3 rings (SSSR count). The van der Waals surface area contributed by atoms with Gasteiger partial charge >= 0.3 is 0 Å². The van der Waals surface area contributed by atoms with E-state index < -0.39 is 17.8 Å². The molecule has 0 bridgehead atoms. The Morgan fingerprint density at radius 2 is 1.75 bits per heavy atom. The van der Waals surface area contributed by atoms with Gasteiger partial charge in [0, 0.05) is 35.0 Å². The molecule has 0 fully saturated rings. The second-order valence-electron chi connectivity index (χ2n) is 6.81. The van der Waals surface area contributed by atoms with Gasteiger partial charge in [0.05, 0.1) is 5.02 Å². The third kappa shape index (κ3) is 5.15. The Labute approximate surface area is 193 Å². The largest absolute Gasteiger partial charge is 0.484 e. The van der Waals surface area contributed by atoms with Gasteiger partial charge in [0.1, 0.15) is 23.4 Å². The summed E-state index contributed by atoms with van der Waals surface area (Å²) in [7, 11) is 1.53. The van der Waals surface area contributed by atoms with Crippen LogP contribution in [0.3, 0.4) is 0 Å². The lowest BCUT2D eigenvalue weighted by Crippen LogP contribution is -2.18. The molecule has 0 saturated heterocycles. The SMILES string of the molecule is CNC(=O)c1ccc(NC(=O)c2cc(OC(C)c3c(Cl)ccc(F)c3Cl)c(C)nn2)cc1. The van der Waals surface area contributed by atoms with Crippen LogP contribution < -0.4 is 15.4 Å².